The van der Waals surface area contributed by atoms with Gasteiger partial charge >= 0.3 is 0 Å². The van der Waals surface area contributed by atoms with E-state index in [2.05, 4.69) is 19.2 Å². The SMILES string of the molecule is CNC(CSCCO)C(C)C. The van der Waals surface area contributed by atoms with Crippen molar-refractivity contribution in [2.75, 3.05) is 25.2 Å². The molecule has 0 aromatic heterocycles. The fraction of sp³-hybridized carbons (Fsp3) is 1.00. The average molecular weight is 177 g/mol. The lowest BCUT2D eigenvalue weighted by Gasteiger charge is -2.19. The van der Waals surface area contributed by atoms with Crippen molar-refractivity contribution in [1.29, 1.82) is 0 Å². The Morgan fingerprint density at radius 2 is 2.09 bits per heavy atom. The van der Waals surface area contributed by atoms with Crippen molar-refractivity contribution in [2.45, 2.75) is 19.9 Å². The molecule has 0 aliphatic carbocycles. The van der Waals surface area contributed by atoms with Gasteiger partial charge in [-0.3, -0.25) is 0 Å². The van der Waals surface area contributed by atoms with E-state index in [1.54, 1.807) is 11.8 Å². The second-order valence-electron chi connectivity index (χ2n) is 2.94. The molecule has 0 aliphatic heterocycles. The maximum absolute atomic E-state index is 8.55. The molecule has 3 heteroatoms. The van der Waals surface area contributed by atoms with Crippen molar-refractivity contribution in [1.82, 2.24) is 5.32 Å². The number of aliphatic hydroxyl groups is 1. The summed E-state index contributed by atoms with van der Waals surface area (Å²) in [5, 5.41) is 11.8. The Bertz CT molecular complexity index is 88.2. The van der Waals surface area contributed by atoms with E-state index in [9.17, 15) is 0 Å². The maximum atomic E-state index is 8.55. The van der Waals surface area contributed by atoms with Crippen LogP contribution in [-0.2, 0) is 0 Å². The number of thioether (sulfide) groups is 1. The lowest BCUT2D eigenvalue weighted by Crippen LogP contribution is -2.33. The van der Waals surface area contributed by atoms with Crippen LogP contribution in [-0.4, -0.2) is 36.3 Å². The number of rotatable bonds is 6. The zero-order valence-corrected chi connectivity index (χ0v) is 8.45. The molecule has 0 aliphatic rings. The Labute approximate surface area is 73.8 Å². The molecule has 2 N–H and O–H groups in total. The van der Waals surface area contributed by atoms with Crippen molar-refractivity contribution >= 4 is 11.8 Å². The lowest BCUT2D eigenvalue weighted by atomic mass is 10.1. The van der Waals surface area contributed by atoms with Gasteiger partial charge in [-0.1, -0.05) is 13.8 Å². The summed E-state index contributed by atoms with van der Waals surface area (Å²) >= 11 is 1.80. The van der Waals surface area contributed by atoms with E-state index in [0.29, 0.717) is 18.6 Å². The molecule has 0 rings (SSSR count). The molecule has 0 aromatic carbocycles. The van der Waals surface area contributed by atoms with Crippen LogP contribution in [0.15, 0.2) is 0 Å². The van der Waals surface area contributed by atoms with Gasteiger partial charge in [-0.05, 0) is 13.0 Å². The molecule has 0 aromatic rings. The van der Waals surface area contributed by atoms with Gasteiger partial charge in [-0.25, -0.2) is 0 Å². The van der Waals surface area contributed by atoms with Gasteiger partial charge in [0, 0.05) is 17.5 Å². The van der Waals surface area contributed by atoms with Gasteiger partial charge in [-0.2, -0.15) is 11.8 Å². The second-order valence-corrected chi connectivity index (χ2v) is 4.09. The van der Waals surface area contributed by atoms with E-state index in [1.807, 2.05) is 7.05 Å². The third-order valence-electron chi connectivity index (χ3n) is 1.71. The summed E-state index contributed by atoms with van der Waals surface area (Å²) < 4.78 is 0. The van der Waals surface area contributed by atoms with Crippen LogP contribution >= 0.6 is 11.8 Å². The molecule has 0 saturated heterocycles. The second kappa shape index (κ2) is 6.95. The maximum Gasteiger partial charge on any atom is 0.0521 e. The minimum Gasteiger partial charge on any atom is -0.396 e. The first-order valence-electron chi connectivity index (χ1n) is 4.08. The summed E-state index contributed by atoms with van der Waals surface area (Å²) in [6, 6.07) is 0.576. The van der Waals surface area contributed by atoms with Gasteiger partial charge in [0.25, 0.3) is 0 Å². The fourth-order valence-corrected chi connectivity index (χ4v) is 1.99. The summed E-state index contributed by atoms with van der Waals surface area (Å²) in [4.78, 5) is 0. The Balaban J connectivity index is 3.36. The van der Waals surface area contributed by atoms with Crippen molar-refractivity contribution in [3.8, 4) is 0 Å². The molecule has 68 valence electrons. The van der Waals surface area contributed by atoms with Crippen LogP contribution in [0, 0.1) is 5.92 Å². The minimum absolute atomic E-state index is 0.291. The quantitative estimate of drug-likeness (QED) is 0.593. The third-order valence-corrected chi connectivity index (χ3v) is 2.77. The Morgan fingerprint density at radius 3 is 2.45 bits per heavy atom. The highest BCUT2D eigenvalue weighted by Gasteiger charge is 2.09. The van der Waals surface area contributed by atoms with Gasteiger partial charge in [0.2, 0.25) is 0 Å². The van der Waals surface area contributed by atoms with E-state index in [0.717, 1.165) is 11.5 Å². The molecule has 11 heavy (non-hydrogen) atoms. The molecule has 1 unspecified atom stereocenters. The smallest absolute Gasteiger partial charge is 0.0521 e. The first kappa shape index (κ1) is 11.3. The first-order chi connectivity index (χ1) is 5.22. The van der Waals surface area contributed by atoms with Crippen molar-refractivity contribution < 1.29 is 5.11 Å². The topological polar surface area (TPSA) is 32.3 Å². The van der Waals surface area contributed by atoms with Gasteiger partial charge in [-0.15, -0.1) is 0 Å². The largest absolute Gasteiger partial charge is 0.396 e. The van der Waals surface area contributed by atoms with Crippen molar-refractivity contribution in [3.63, 3.8) is 0 Å². The number of nitrogens with one attached hydrogen (secondary N) is 1. The van der Waals surface area contributed by atoms with Gasteiger partial charge < -0.3 is 10.4 Å². The number of hydrogen-bond acceptors (Lipinski definition) is 3. The normalized spacial score (nSPS) is 13.9. The van der Waals surface area contributed by atoms with Crippen molar-refractivity contribution in [2.24, 2.45) is 5.92 Å². The van der Waals surface area contributed by atoms with Crippen LogP contribution in [0.1, 0.15) is 13.8 Å². The van der Waals surface area contributed by atoms with E-state index < -0.39 is 0 Å². The van der Waals surface area contributed by atoms with E-state index in [1.165, 1.54) is 0 Å². The monoisotopic (exact) mass is 177 g/mol. The first-order valence-corrected chi connectivity index (χ1v) is 5.23. The van der Waals surface area contributed by atoms with Crippen LogP contribution in [0.4, 0.5) is 0 Å². The average Bonchev–Trinajstić information content (AvgIpc) is 1.97. The molecule has 0 bridgehead atoms. The zero-order valence-electron chi connectivity index (χ0n) is 7.63. The highest BCUT2D eigenvalue weighted by molar-refractivity contribution is 7.99. The van der Waals surface area contributed by atoms with Crippen LogP contribution in [0.25, 0.3) is 0 Å². The summed E-state index contributed by atoms with van der Waals surface area (Å²) in [5.41, 5.74) is 0. The van der Waals surface area contributed by atoms with E-state index in [4.69, 9.17) is 5.11 Å². The van der Waals surface area contributed by atoms with Crippen molar-refractivity contribution in [3.05, 3.63) is 0 Å². The molecule has 0 spiro atoms. The Morgan fingerprint density at radius 1 is 1.45 bits per heavy atom. The molecular weight excluding hydrogens is 158 g/mol. The Hall–Kier alpha value is 0.270. The molecular formula is C8H19NOS. The molecule has 0 fully saturated rings. The van der Waals surface area contributed by atoms with Gasteiger partial charge in [0.1, 0.15) is 0 Å². The highest BCUT2D eigenvalue weighted by Crippen LogP contribution is 2.08. The highest BCUT2D eigenvalue weighted by atomic mass is 32.2. The molecule has 0 radical (unpaired) electrons. The molecule has 1 atom stereocenters. The third kappa shape index (κ3) is 5.53. The van der Waals surface area contributed by atoms with E-state index in [-0.39, 0.29) is 0 Å². The molecule has 0 saturated carbocycles. The minimum atomic E-state index is 0.291. The van der Waals surface area contributed by atoms with E-state index >= 15 is 0 Å². The lowest BCUT2D eigenvalue weighted by molar-refractivity contribution is 0.322. The van der Waals surface area contributed by atoms with Gasteiger partial charge in [0.05, 0.1) is 6.61 Å². The van der Waals surface area contributed by atoms with Crippen LogP contribution in [0.3, 0.4) is 0 Å². The molecule has 0 amide bonds. The zero-order chi connectivity index (χ0) is 8.69. The number of aliphatic hydroxyl groups excluding tert-OH is 1. The molecule has 0 heterocycles. The van der Waals surface area contributed by atoms with Crippen LogP contribution in [0.2, 0.25) is 0 Å². The summed E-state index contributed by atoms with van der Waals surface area (Å²) in [5.74, 6) is 2.62. The summed E-state index contributed by atoms with van der Waals surface area (Å²) in [7, 11) is 1.99. The van der Waals surface area contributed by atoms with Crippen LogP contribution < -0.4 is 5.32 Å². The fourth-order valence-electron chi connectivity index (χ4n) is 0.884. The molecule has 2 nitrogen and oxygen atoms in total. The standard InChI is InChI=1S/C8H19NOS/c1-7(2)8(9-3)6-11-5-4-10/h7-10H,4-6H2,1-3H3. The predicted octanol–water partition coefficient (Wildman–Crippen LogP) is 0.956. The predicted molar refractivity (Wildman–Crippen MR) is 52.1 cm³/mol. The number of hydrogen-bond donors (Lipinski definition) is 2. The van der Waals surface area contributed by atoms with Crippen LogP contribution in [0.5, 0.6) is 0 Å². The summed E-state index contributed by atoms with van der Waals surface area (Å²) in [6.07, 6.45) is 0. The van der Waals surface area contributed by atoms with Gasteiger partial charge in [0.15, 0.2) is 0 Å². The Kier molecular flexibility index (Phi) is 7.12. The summed E-state index contributed by atoms with van der Waals surface area (Å²) in [6.45, 7) is 4.71.